The molecule has 0 spiro atoms. The van der Waals surface area contributed by atoms with E-state index in [9.17, 15) is 4.39 Å². The lowest BCUT2D eigenvalue weighted by molar-refractivity contribution is 0.627. The summed E-state index contributed by atoms with van der Waals surface area (Å²) in [6.07, 6.45) is 0. The topological polar surface area (TPSA) is 12.9 Å². The lowest BCUT2D eigenvalue weighted by Gasteiger charge is -2.27. The third kappa shape index (κ3) is 2.58. The van der Waals surface area contributed by atoms with E-state index in [-0.39, 0.29) is 11.0 Å². The minimum atomic E-state index is -1.59. The van der Waals surface area contributed by atoms with Crippen LogP contribution in [0.25, 0.3) is 0 Å². The summed E-state index contributed by atoms with van der Waals surface area (Å²) in [5, 5.41) is 1.19. The Hall–Kier alpha value is -0.413. The Bertz CT molecular complexity index is 311. The summed E-state index contributed by atoms with van der Waals surface area (Å²) in [4.78, 5) is 4.31. The number of hydrogen-bond acceptors (Lipinski definition) is 1. The van der Waals surface area contributed by atoms with Gasteiger partial charge in [0.1, 0.15) is 19.0 Å². The van der Waals surface area contributed by atoms with Crippen molar-refractivity contribution in [2.24, 2.45) is 0 Å². The van der Waals surface area contributed by atoms with E-state index in [4.69, 9.17) is 11.6 Å². The molecule has 0 radical (unpaired) electrons. The minimum Gasteiger partial charge on any atom is -0.246 e. The van der Waals surface area contributed by atoms with Crippen molar-refractivity contribution in [3.05, 3.63) is 23.1 Å². The third-order valence-electron chi connectivity index (χ3n) is 3.33. The molecule has 1 heterocycles. The highest BCUT2D eigenvalue weighted by Crippen LogP contribution is 2.20. The summed E-state index contributed by atoms with van der Waals surface area (Å²) in [6, 6.07) is 6.10. The third-order valence-corrected chi connectivity index (χ3v) is 8.93. The predicted molar refractivity (Wildman–Crippen MR) is 66.0 cm³/mol. The van der Waals surface area contributed by atoms with Crippen LogP contribution in [0.15, 0.2) is 12.1 Å². The number of pyridine rings is 1. The zero-order chi connectivity index (χ0) is 11.5. The molecule has 0 bridgehead atoms. The van der Waals surface area contributed by atoms with Crippen molar-refractivity contribution in [3.8, 4) is 0 Å². The monoisotopic (exact) mass is 245 g/mol. The first-order chi connectivity index (χ1) is 7.07. The van der Waals surface area contributed by atoms with E-state index in [0.29, 0.717) is 0 Å². The molecule has 15 heavy (non-hydrogen) atoms. The van der Waals surface area contributed by atoms with Crippen LogP contribution in [0.1, 0.15) is 20.8 Å². The standard InChI is InChI=1S/C11H17ClFNSi/c1-4-15(5-2,6-3)11-8-9(13)7-10(12)14-11/h7-8H,4-6H2,1-3H3. The molecule has 0 saturated carbocycles. The lowest BCUT2D eigenvalue weighted by Crippen LogP contribution is -2.47. The zero-order valence-electron chi connectivity index (χ0n) is 9.48. The van der Waals surface area contributed by atoms with Gasteiger partial charge in [-0.1, -0.05) is 50.5 Å². The first kappa shape index (κ1) is 12.7. The number of rotatable bonds is 4. The van der Waals surface area contributed by atoms with Crippen molar-refractivity contribution >= 4 is 25.0 Å². The van der Waals surface area contributed by atoms with Crippen LogP contribution in [0, 0.1) is 5.82 Å². The molecule has 0 aliphatic heterocycles. The van der Waals surface area contributed by atoms with E-state index in [0.717, 1.165) is 23.4 Å². The van der Waals surface area contributed by atoms with Crippen LogP contribution in [0.3, 0.4) is 0 Å². The van der Waals surface area contributed by atoms with Gasteiger partial charge in [0.15, 0.2) is 0 Å². The van der Waals surface area contributed by atoms with Gasteiger partial charge in [0.05, 0.1) is 0 Å². The maximum Gasteiger partial charge on any atom is 0.131 e. The fraction of sp³-hybridized carbons (Fsp3) is 0.545. The largest absolute Gasteiger partial charge is 0.246 e. The van der Waals surface area contributed by atoms with Gasteiger partial charge in [-0.15, -0.1) is 0 Å². The summed E-state index contributed by atoms with van der Waals surface area (Å²) < 4.78 is 13.3. The first-order valence-corrected chi connectivity index (χ1v) is 8.41. The Morgan fingerprint density at radius 2 is 1.73 bits per heavy atom. The normalized spacial score (nSPS) is 11.8. The van der Waals surface area contributed by atoms with Gasteiger partial charge in [-0.2, -0.15) is 0 Å². The van der Waals surface area contributed by atoms with Crippen molar-refractivity contribution in [3.63, 3.8) is 0 Å². The highest BCUT2D eigenvalue weighted by molar-refractivity contribution is 6.91. The van der Waals surface area contributed by atoms with Crippen molar-refractivity contribution in [2.75, 3.05) is 0 Å². The molecule has 0 aliphatic carbocycles. The van der Waals surface area contributed by atoms with Crippen molar-refractivity contribution in [2.45, 2.75) is 38.9 Å². The van der Waals surface area contributed by atoms with Gasteiger partial charge in [-0.3, -0.25) is 0 Å². The SMILES string of the molecule is CC[Si](CC)(CC)c1cc(F)cc(Cl)n1. The quantitative estimate of drug-likeness (QED) is 0.584. The number of nitrogens with zero attached hydrogens (tertiary/aromatic N) is 1. The molecular formula is C11H17ClFNSi. The van der Waals surface area contributed by atoms with E-state index in [1.54, 1.807) is 6.07 Å². The summed E-state index contributed by atoms with van der Waals surface area (Å²) in [6.45, 7) is 6.50. The van der Waals surface area contributed by atoms with Crippen molar-refractivity contribution < 1.29 is 4.39 Å². The van der Waals surface area contributed by atoms with Crippen LogP contribution in [-0.4, -0.2) is 13.1 Å². The van der Waals surface area contributed by atoms with Gasteiger partial charge in [0, 0.05) is 11.4 Å². The predicted octanol–water partition coefficient (Wildman–Crippen LogP) is 3.59. The fourth-order valence-electron chi connectivity index (χ4n) is 2.03. The summed E-state index contributed by atoms with van der Waals surface area (Å²) >= 11 is 5.80. The molecule has 0 amide bonds. The van der Waals surface area contributed by atoms with E-state index < -0.39 is 8.07 Å². The van der Waals surface area contributed by atoms with E-state index >= 15 is 0 Å². The average molecular weight is 246 g/mol. The Balaban J connectivity index is 3.22. The Labute approximate surface area is 96.7 Å². The lowest BCUT2D eigenvalue weighted by atomic mass is 10.5. The Morgan fingerprint density at radius 1 is 1.20 bits per heavy atom. The van der Waals surface area contributed by atoms with Crippen molar-refractivity contribution in [1.82, 2.24) is 4.98 Å². The van der Waals surface area contributed by atoms with Crippen LogP contribution in [-0.2, 0) is 0 Å². The molecule has 0 atom stereocenters. The van der Waals surface area contributed by atoms with E-state index in [1.807, 2.05) is 0 Å². The Kier molecular flexibility index (Phi) is 4.29. The van der Waals surface area contributed by atoms with Gasteiger partial charge >= 0.3 is 0 Å². The summed E-state index contributed by atoms with van der Waals surface area (Å²) in [5.41, 5.74) is 0. The van der Waals surface area contributed by atoms with Gasteiger partial charge < -0.3 is 0 Å². The molecule has 0 unspecified atom stereocenters. The highest BCUT2D eigenvalue weighted by Gasteiger charge is 2.31. The van der Waals surface area contributed by atoms with Gasteiger partial charge in [0.25, 0.3) is 0 Å². The molecule has 0 fully saturated rings. The summed E-state index contributed by atoms with van der Waals surface area (Å²) in [5.74, 6) is -0.266. The van der Waals surface area contributed by atoms with E-state index in [2.05, 4.69) is 25.8 Å². The highest BCUT2D eigenvalue weighted by atomic mass is 35.5. The number of halogens is 2. The molecule has 0 aliphatic rings. The molecule has 0 saturated heterocycles. The molecule has 4 heteroatoms. The first-order valence-electron chi connectivity index (χ1n) is 5.41. The van der Waals surface area contributed by atoms with Crippen LogP contribution in [0.4, 0.5) is 4.39 Å². The molecule has 1 aromatic heterocycles. The van der Waals surface area contributed by atoms with Gasteiger partial charge in [0.2, 0.25) is 0 Å². The number of aromatic nitrogens is 1. The summed E-state index contributed by atoms with van der Waals surface area (Å²) in [7, 11) is -1.59. The second kappa shape index (κ2) is 5.08. The van der Waals surface area contributed by atoms with Crippen molar-refractivity contribution in [1.29, 1.82) is 0 Å². The minimum absolute atomic E-state index is 0.266. The van der Waals surface area contributed by atoms with Gasteiger partial charge in [-0.05, 0) is 6.07 Å². The molecule has 0 N–H and O–H groups in total. The molecule has 1 rings (SSSR count). The molecule has 84 valence electrons. The maximum atomic E-state index is 13.3. The van der Waals surface area contributed by atoms with Crippen LogP contribution < -0.4 is 5.32 Å². The average Bonchev–Trinajstić information content (AvgIpc) is 2.20. The second-order valence-electron chi connectivity index (χ2n) is 3.83. The molecule has 1 aromatic rings. The molecule has 1 nitrogen and oxygen atoms in total. The zero-order valence-corrected chi connectivity index (χ0v) is 11.2. The van der Waals surface area contributed by atoms with Crippen LogP contribution in [0.5, 0.6) is 0 Å². The van der Waals surface area contributed by atoms with Crippen LogP contribution in [0.2, 0.25) is 23.3 Å². The number of hydrogen-bond donors (Lipinski definition) is 0. The smallest absolute Gasteiger partial charge is 0.131 e. The van der Waals surface area contributed by atoms with Gasteiger partial charge in [-0.25, -0.2) is 9.37 Å². The fourth-order valence-corrected chi connectivity index (χ4v) is 5.69. The molecular weight excluding hydrogens is 229 g/mol. The van der Waals surface area contributed by atoms with Crippen LogP contribution >= 0.6 is 11.6 Å². The maximum absolute atomic E-state index is 13.3. The Morgan fingerprint density at radius 3 is 2.13 bits per heavy atom. The second-order valence-corrected chi connectivity index (χ2v) is 9.42. The van der Waals surface area contributed by atoms with E-state index in [1.165, 1.54) is 6.07 Å². The molecule has 0 aromatic carbocycles.